The largest absolute Gasteiger partial charge is 0.379 e. The molecule has 0 saturated carbocycles. The molecule has 3 aromatic rings. The van der Waals surface area contributed by atoms with E-state index >= 15 is 0 Å². The molecule has 0 saturated heterocycles. The first-order chi connectivity index (χ1) is 16.1. The molecule has 1 aromatic carbocycles. The zero-order valence-electron chi connectivity index (χ0n) is 20.1. The summed E-state index contributed by atoms with van der Waals surface area (Å²) in [5.41, 5.74) is 4.98. The van der Waals surface area contributed by atoms with Gasteiger partial charge >= 0.3 is 0 Å². The van der Waals surface area contributed by atoms with E-state index in [0.717, 1.165) is 69.5 Å². The second kappa shape index (κ2) is 11.3. The molecule has 0 spiro atoms. The van der Waals surface area contributed by atoms with E-state index in [1.165, 1.54) is 16.7 Å². The van der Waals surface area contributed by atoms with Gasteiger partial charge in [-0.2, -0.15) is 0 Å². The van der Waals surface area contributed by atoms with Crippen molar-refractivity contribution in [1.82, 2.24) is 19.9 Å². The van der Waals surface area contributed by atoms with Crippen LogP contribution in [0.4, 0.5) is 5.82 Å². The quantitative estimate of drug-likeness (QED) is 0.427. The fraction of sp³-hybridized carbons (Fsp3) is 0.444. The van der Waals surface area contributed by atoms with Gasteiger partial charge in [0, 0.05) is 57.3 Å². The summed E-state index contributed by atoms with van der Waals surface area (Å²) >= 11 is 0. The number of aryl methyl sites for hydroxylation is 1. The molecule has 1 aliphatic rings. The van der Waals surface area contributed by atoms with Crippen molar-refractivity contribution < 1.29 is 4.74 Å². The van der Waals surface area contributed by atoms with E-state index < -0.39 is 0 Å². The van der Waals surface area contributed by atoms with Gasteiger partial charge in [-0.15, -0.1) is 0 Å². The fourth-order valence-corrected chi connectivity index (χ4v) is 4.37. The Bertz CT molecular complexity index is 1010. The van der Waals surface area contributed by atoms with Gasteiger partial charge in [-0.3, -0.25) is 9.88 Å². The third-order valence-electron chi connectivity index (χ3n) is 5.90. The molecule has 0 fully saturated rings. The van der Waals surface area contributed by atoms with Crippen molar-refractivity contribution in [2.75, 3.05) is 24.6 Å². The normalized spacial score (nSPS) is 13.8. The molecular formula is C27H35N5O. The average Bonchev–Trinajstić information content (AvgIpc) is 2.81. The lowest BCUT2D eigenvalue weighted by Gasteiger charge is -2.33. The summed E-state index contributed by atoms with van der Waals surface area (Å²) in [4.78, 5) is 19.0. The number of ether oxygens (including phenoxy) is 1. The lowest BCUT2D eigenvalue weighted by Crippen LogP contribution is -2.34. The molecular weight excluding hydrogens is 410 g/mol. The SMILES string of the molecule is Cc1nc2c(c(N(CCCOC(C)C)Cc3cccnc3)n1)CCN(Cc1ccccc1)C2. The zero-order chi connectivity index (χ0) is 23.0. The third-order valence-corrected chi connectivity index (χ3v) is 5.90. The third kappa shape index (κ3) is 6.59. The van der Waals surface area contributed by atoms with Crippen molar-refractivity contribution in [3.05, 3.63) is 83.1 Å². The first-order valence-corrected chi connectivity index (χ1v) is 12.0. The summed E-state index contributed by atoms with van der Waals surface area (Å²) < 4.78 is 5.81. The summed E-state index contributed by atoms with van der Waals surface area (Å²) in [6.07, 6.45) is 5.93. The Morgan fingerprint density at radius 3 is 2.64 bits per heavy atom. The van der Waals surface area contributed by atoms with Gasteiger partial charge in [0.2, 0.25) is 0 Å². The number of aromatic nitrogens is 3. The van der Waals surface area contributed by atoms with Gasteiger partial charge in [0.15, 0.2) is 0 Å². The molecule has 6 nitrogen and oxygen atoms in total. The molecule has 0 amide bonds. The van der Waals surface area contributed by atoms with Crippen LogP contribution in [-0.2, 0) is 30.8 Å². The van der Waals surface area contributed by atoms with Gasteiger partial charge in [0.25, 0.3) is 0 Å². The molecule has 0 radical (unpaired) electrons. The van der Waals surface area contributed by atoms with E-state index in [1.54, 1.807) is 0 Å². The highest BCUT2D eigenvalue weighted by Gasteiger charge is 2.24. The standard InChI is InChI=1S/C27H35N5O/c1-21(2)33-16-8-14-32(19-24-11-7-13-28-17-24)27-25-12-15-31(18-23-9-5-4-6-10-23)20-26(25)29-22(3)30-27/h4-7,9-11,13,17,21H,8,12,14-16,18-20H2,1-3H3. The molecule has 33 heavy (non-hydrogen) atoms. The van der Waals surface area contributed by atoms with Crippen LogP contribution in [0.2, 0.25) is 0 Å². The first-order valence-electron chi connectivity index (χ1n) is 12.0. The van der Waals surface area contributed by atoms with Crippen molar-refractivity contribution in [3.63, 3.8) is 0 Å². The minimum atomic E-state index is 0.251. The Hall–Kier alpha value is -2.83. The highest BCUT2D eigenvalue weighted by molar-refractivity contribution is 5.51. The van der Waals surface area contributed by atoms with Gasteiger partial charge in [-0.1, -0.05) is 36.4 Å². The summed E-state index contributed by atoms with van der Waals surface area (Å²) in [7, 11) is 0. The number of fused-ring (bicyclic) bond motifs is 1. The number of hydrogen-bond acceptors (Lipinski definition) is 6. The summed E-state index contributed by atoms with van der Waals surface area (Å²) in [6, 6.07) is 14.8. The van der Waals surface area contributed by atoms with Gasteiger partial charge in [0.05, 0.1) is 11.8 Å². The second-order valence-electron chi connectivity index (χ2n) is 9.02. The van der Waals surface area contributed by atoms with E-state index in [2.05, 4.69) is 65.0 Å². The summed E-state index contributed by atoms with van der Waals surface area (Å²) in [6.45, 7) is 11.4. The predicted molar refractivity (Wildman–Crippen MR) is 132 cm³/mol. The van der Waals surface area contributed by atoms with Crippen LogP contribution in [0.25, 0.3) is 0 Å². The van der Waals surface area contributed by atoms with Crippen LogP contribution in [0.1, 0.15) is 48.5 Å². The second-order valence-corrected chi connectivity index (χ2v) is 9.02. The topological polar surface area (TPSA) is 54.4 Å². The van der Waals surface area contributed by atoms with Crippen LogP contribution in [0, 0.1) is 6.92 Å². The van der Waals surface area contributed by atoms with Crippen LogP contribution >= 0.6 is 0 Å². The molecule has 0 atom stereocenters. The first kappa shape index (κ1) is 23.3. The number of nitrogens with zero attached hydrogens (tertiary/aromatic N) is 5. The molecule has 1 aliphatic heterocycles. The highest BCUT2D eigenvalue weighted by Crippen LogP contribution is 2.28. The molecule has 4 rings (SSSR count). The highest BCUT2D eigenvalue weighted by atomic mass is 16.5. The Kier molecular flexibility index (Phi) is 8.02. The molecule has 0 bridgehead atoms. The van der Waals surface area contributed by atoms with Crippen LogP contribution < -0.4 is 4.90 Å². The molecule has 3 heterocycles. The number of pyridine rings is 1. The number of hydrogen-bond donors (Lipinski definition) is 0. The zero-order valence-corrected chi connectivity index (χ0v) is 20.1. The maximum Gasteiger partial charge on any atom is 0.136 e. The maximum absolute atomic E-state index is 5.81. The Morgan fingerprint density at radius 1 is 1.06 bits per heavy atom. The van der Waals surface area contributed by atoms with E-state index in [9.17, 15) is 0 Å². The molecule has 6 heteroatoms. The van der Waals surface area contributed by atoms with Gasteiger partial charge < -0.3 is 9.64 Å². The smallest absolute Gasteiger partial charge is 0.136 e. The number of anilines is 1. The van der Waals surface area contributed by atoms with E-state index in [-0.39, 0.29) is 6.10 Å². The maximum atomic E-state index is 5.81. The van der Waals surface area contributed by atoms with Crippen LogP contribution in [0.5, 0.6) is 0 Å². The van der Waals surface area contributed by atoms with Crippen molar-refractivity contribution >= 4 is 5.82 Å². The monoisotopic (exact) mass is 445 g/mol. The lowest BCUT2D eigenvalue weighted by atomic mass is 10.0. The Labute approximate surface area is 197 Å². The fourth-order valence-electron chi connectivity index (χ4n) is 4.37. The van der Waals surface area contributed by atoms with Crippen LogP contribution in [0.15, 0.2) is 54.9 Å². The lowest BCUT2D eigenvalue weighted by molar-refractivity contribution is 0.0778. The van der Waals surface area contributed by atoms with E-state index in [1.807, 2.05) is 25.4 Å². The van der Waals surface area contributed by atoms with Gasteiger partial charge in [-0.25, -0.2) is 9.97 Å². The molecule has 0 aliphatic carbocycles. The predicted octanol–water partition coefficient (Wildman–Crippen LogP) is 4.56. The van der Waals surface area contributed by atoms with Gasteiger partial charge in [0.1, 0.15) is 11.6 Å². The molecule has 0 N–H and O–H groups in total. The number of rotatable bonds is 10. The summed E-state index contributed by atoms with van der Waals surface area (Å²) in [5, 5.41) is 0. The average molecular weight is 446 g/mol. The molecule has 0 unspecified atom stereocenters. The number of benzene rings is 1. The van der Waals surface area contributed by atoms with Crippen LogP contribution in [-0.4, -0.2) is 45.7 Å². The minimum absolute atomic E-state index is 0.251. The van der Waals surface area contributed by atoms with Crippen molar-refractivity contribution in [2.45, 2.75) is 59.4 Å². The van der Waals surface area contributed by atoms with Gasteiger partial charge in [-0.05, 0) is 50.8 Å². The van der Waals surface area contributed by atoms with Crippen molar-refractivity contribution in [3.8, 4) is 0 Å². The minimum Gasteiger partial charge on any atom is -0.379 e. The van der Waals surface area contributed by atoms with Crippen molar-refractivity contribution in [1.29, 1.82) is 0 Å². The van der Waals surface area contributed by atoms with E-state index in [4.69, 9.17) is 14.7 Å². The van der Waals surface area contributed by atoms with E-state index in [0.29, 0.717) is 0 Å². The summed E-state index contributed by atoms with van der Waals surface area (Å²) in [5.74, 6) is 1.91. The van der Waals surface area contributed by atoms with Crippen LogP contribution in [0.3, 0.4) is 0 Å². The Balaban J connectivity index is 1.55. The molecule has 174 valence electrons. The Morgan fingerprint density at radius 2 is 1.88 bits per heavy atom. The molecule has 2 aromatic heterocycles. The van der Waals surface area contributed by atoms with Crippen molar-refractivity contribution in [2.24, 2.45) is 0 Å².